The zero-order chi connectivity index (χ0) is 13.4. The highest BCUT2D eigenvalue weighted by Gasteiger charge is 2.28. The van der Waals surface area contributed by atoms with Crippen molar-refractivity contribution in [2.24, 2.45) is 5.73 Å². The van der Waals surface area contributed by atoms with Crippen molar-refractivity contribution in [1.29, 1.82) is 0 Å². The van der Waals surface area contributed by atoms with E-state index in [1.165, 1.54) is 12.8 Å². The van der Waals surface area contributed by atoms with Crippen molar-refractivity contribution in [3.05, 3.63) is 0 Å². The van der Waals surface area contributed by atoms with Gasteiger partial charge in [0.25, 0.3) is 0 Å². The Morgan fingerprint density at radius 2 is 1.94 bits per heavy atom. The summed E-state index contributed by atoms with van der Waals surface area (Å²) in [5.74, 6) is 0.0355. The number of nitrogens with one attached hydrogen (secondary N) is 1. The number of amides is 1. The van der Waals surface area contributed by atoms with E-state index >= 15 is 0 Å². The Kier molecular flexibility index (Phi) is 6.65. The molecule has 0 spiro atoms. The third-order valence-electron chi connectivity index (χ3n) is 3.71. The largest absolute Gasteiger partial charge is 0.388 e. The van der Waals surface area contributed by atoms with Crippen LogP contribution in [0.2, 0.25) is 0 Å². The monoisotopic (exact) mass is 256 g/mol. The molecule has 1 aliphatic rings. The van der Waals surface area contributed by atoms with E-state index in [0.29, 0.717) is 13.0 Å². The summed E-state index contributed by atoms with van der Waals surface area (Å²) in [4.78, 5) is 11.6. The van der Waals surface area contributed by atoms with Crippen LogP contribution < -0.4 is 11.1 Å². The van der Waals surface area contributed by atoms with Gasteiger partial charge in [-0.15, -0.1) is 0 Å². The lowest BCUT2D eigenvalue weighted by Gasteiger charge is -2.26. The second kappa shape index (κ2) is 7.74. The molecule has 1 atom stereocenters. The topological polar surface area (TPSA) is 75.4 Å². The van der Waals surface area contributed by atoms with Gasteiger partial charge in [-0.2, -0.15) is 0 Å². The minimum atomic E-state index is -0.673. The third kappa shape index (κ3) is 6.36. The van der Waals surface area contributed by atoms with E-state index < -0.39 is 5.60 Å². The predicted molar refractivity (Wildman–Crippen MR) is 73.2 cm³/mol. The van der Waals surface area contributed by atoms with E-state index in [2.05, 4.69) is 5.32 Å². The summed E-state index contributed by atoms with van der Waals surface area (Å²) in [7, 11) is 0. The standard InChI is InChI=1S/C14H28N2O2/c1-12(15)7-6-8-13(17)16-11-14(18)9-4-2-3-5-10-14/h12,18H,2-11,15H2,1H3,(H,16,17). The molecule has 4 heteroatoms. The first kappa shape index (κ1) is 15.4. The molecule has 0 bridgehead atoms. The Morgan fingerprint density at radius 1 is 1.33 bits per heavy atom. The highest BCUT2D eigenvalue weighted by atomic mass is 16.3. The Balaban J connectivity index is 2.19. The van der Waals surface area contributed by atoms with Crippen molar-refractivity contribution in [3.8, 4) is 0 Å². The van der Waals surface area contributed by atoms with Gasteiger partial charge in [-0.3, -0.25) is 4.79 Å². The van der Waals surface area contributed by atoms with Gasteiger partial charge in [-0.25, -0.2) is 0 Å². The highest BCUT2D eigenvalue weighted by molar-refractivity contribution is 5.75. The summed E-state index contributed by atoms with van der Waals surface area (Å²) in [6.07, 6.45) is 8.36. The van der Waals surface area contributed by atoms with E-state index in [4.69, 9.17) is 5.73 Å². The molecule has 1 aliphatic carbocycles. The summed E-state index contributed by atoms with van der Waals surface area (Å²) in [6, 6.07) is 0.156. The van der Waals surface area contributed by atoms with Crippen LogP contribution in [0.4, 0.5) is 0 Å². The molecule has 0 saturated heterocycles. The van der Waals surface area contributed by atoms with Gasteiger partial charge in [0, 0.05) is 19.0 Å². The van der Waals surface area contributed by atoms with E-state index in [-0.39, 0.29) is 11.9 Å². The molecule has 106 valence electrons. The molecular formula is C14H28N2O2. The SMILES string of the molecule is CC(N)CCCC(=O)NCC1(O)CCCCCC1. The average molecular weight is 256 g/mol. The average Bonchev–Trinajstić information content (AvgIpc) is 2.52. The molecule has 1 fully saturated rings. The lowest BCUT2D eigenvalue weighted by molar-refractivity contribution is -0.122. The summed E-state index contributed by atoms with van der Waals surface area (Å²) < 4.78 is 0. The summed E-state index contributed by atoms with van der Waals surface area (Å²) in [5, 5.41) is 13.2. The zero-order valence-corrected chi connectivity index (χ0v) is 11.6. The van der Waals surface area contributed by atoms with Gasteiger partial charge in [0.1, 0.15) is 0 Å². The van der Waals surface area contributed by atoms with Crippen LogP contribution in [0.15, 0.2) is 0 Å². The van der Waals surface area contributed by atoms with Crippen molar-refractivity contribution in [1.82, 2.24) is 5.32 Å². The van der Waals surface area contributed by atoms with Gasteiger partial charge in [0.05, 0.1) is 5.60 Å². The second-order valence-corrected chi connectivity index (χ2v) is 5.78. The molecule has 0 aromatic heterocycles. The maximum Gasteiger partial charge on any atom is 0.220 e. The van der Waals surface area contributed by atoms with Crippen LogP contribution in [0, 0.1) is 0 Å². The van der Waals surface area contributed by atoms with E-state index in [1.807, 2.05) is 6.92 Å². The number of rotatable bonds is 6. The van der Waals surface area contributed by atoms with Crippen LogP contribution in [0.1, 0.15) is 64.7 Å². The molecule has 0 aromatic rings. The molecule has 1 unspecified atom stereocenters. The molecule has 1 amide bonds. The molecule has 4 N–H and O–H groups in total. The molecule has 0 aliphatic heterocycles. The molecule has 0 heterocycles. The third-order valence-corrected chi connectivity index (χ3v) is 3.71. The number of hydrogen-bond acceptors (Lipinski definition) is 3. The number of nitrogens with two attached hydrogens (primary N) is 1. The second-order valence-electron chi connectivity index (χ2n) is 5.78. The van der Waals surface area contributed by atoms with Crippen molar-refractivity contribution >= 4 is 5.91 Å². The molecule has 1 saturated carbocycles. The summed E-state index contributed by atoms with van der Waals surface area (Å²) in [6.45, 7) is 2.36. The lowest BCUT2D eigenvalue weighted by atomic mass is 9.94. The van der Waals surface area contributed by atoms with Crippen molar-refractivity contribution in [3.63, 3.8) is 0 Å². The van der Waals surface area contributed by atoms with Gasteiger partial charge in [0.2, 0.25) is 5.91 Å². The quantitative estimate of drug-likeness (QED) is 0.633. The van der Waals surface area contributed by atoms with Gasteiger partial charge in [-0.1, -0.05) is 25.7 Å². The first-order chi connectivity index (χ1) is 8.52. The van der Waals surface area contributed by atoms with Crippen LogP contribution in [0.3, 0.4) is 0 Å². The lowest BCUT2D eigenvalue weighted by Crippen LogP contribution is -2.42. The number of aliphatic hydroxyl groups is 1. The normalized spacial score (nSPS) is 21.1. The fourth-order valence-corrected chi connectivity index (χ4v) is 2.50. The zero-order valence-electron chi connectivity index (χ0n) is 11.6. The van der Waals surface area contributed by atoms with Gasteiger partial charge < -0.3 is 16.2 Å². The molecule has 0 radical (unpaired) electrons. The van der Waals surface area contributed by atoms with Crippen LogP contribution in [0.25, 0.3) is 0 Å². The summed E-state index contributed by atoms with van der Waals surface area (Å²) in [5.41, 5.74) is 4.96. The van der Waals surface area contributed by atoms with E-state index in [9.17, 15) is 9.90 Å². The van der Waals surface area contributed by atoms with E-state index in [1.54, 1.807) is 0 Å². The Labute approximate surface area is 110 Å². The van der Waals surface area contributed by atoms with Crippen LogP contribution in [0.5, 0.6) is 0 Å². The minimum absolute atomic E-state index is 0.0355. The molecule has 4 nitrogen and oxygen atoms in total. The number of hydrogen-bond donors (Lipinski definition) is 3. The van der Waals surface area contributed by atoms with Crippen LogP contribution in [-0.4, -0.2) is 29.2 Å². The first-order valence-electron chi connectivity index (χ1n) is 7.26. The predicted octanol–water partition coefficient (Wildman–Crippen LogP) is 1.71. The molecule has 18 heavy (non-hydrogen) atoms. The molecule has 1 rings (SSSR count). The highest BCUT2D eigenvalue weighted by Crippen LogP contribution is 2.26. The Hall–Kier alpha value is -0.610. The fourth-order valence-electron chi connectivity index (χ4n) is 2.50. The van der Waals surface area contributed by atoms with Crippen molar-refractivity contribution < 1.29 is 9.90 Å². The number of carbonyl (C=O) groups excluding carboxylic acids is 1. The van der Waals surface area contributed by atoms with Gasteiger partial charge in [-0.05, 0) is 32.6 Å². The molecular weight excluding hydrogens is 228 g/mol. The van der Waals surface area contributed by atoms with Crippen molar-refractivity contribution in [2.45, 2.75) is 76.4 Å². The van der Waals surface area contributed by atoms with Crippen LogP contribution >= 0.6 is 0 Å². The smallest absolute Gasteiger partial charge is 0.220 e. The van der Waals surface area contributed by atoms with Gasteiger partial charge >= 0.3 is 0 Å². The maximum absolute atomic E-state index is 11.6. The number of carbonyl (C=O) groups is 1. The Morgan fingerprint density at radius 3 is 2.50 bits per heavy atom. The molecule has 0 aromatic carbocycles. The van der Waals surface area contributed by atoms with Crippen molar-refractivity contribution in [2.75, 3.05) is 6.54 Å². The summed E-state index contributed by atoms with van der Waals surface area (Å²) >= 11 is 0. The van der Waals surface area contributed by atoms with E-state index in [0.717, 1.165) is 38.5 Å². The van der Waals surface area contributed by atoms with Crippen LogP contribution in [-0.2, 0) is 4.79 Å². The minimum Gasteiger partial charge on any atom is -0.388 e. The first-order valence-corrected chi connectivity index (χ1v) is 7.26. The maximum atomic E-state index is 11.6. The fraction of sp³-hybridized carbons (Fsp3) is 0.929. The Bertz CT molecular complexity index is 246. The van der Waals surface area contributed by atoms with Gasteiger partial charge in [0.15, 0.2) is 0 Å².